The minimum absolute atomic E-state index is 0.0263. The van der Waals surface area contributed by atoms with Crippen molar-refractivity contribution in [1.29, 1.82) is 5.26 Å². The number of Topliss-reactive ketones (excluding diaryl/α,β-unsaturated/α-hetero) is 1. The molecule has 0 saturated heterocycles. The van der Waals surface area contributed by atoms with Crippen molar-refractivity contribution in [2.75, 3.05) is 5.32 Å². The van der Waals surface area contributed by atoms with Crippen LogP contribution in [0.3, 0.4) is 0 Å². The summed E-state index contributed by atoms with van der Waals surface area (Å²) in [6.45, 7) is 2.00. The monoisotopic (exact) mass is 319 g/mol. The molecule has 0 bridgehead atoms. The molecule has 2 aromatic rings. The molecule has 0 fully saturated rings. The first-order chi connectivity index (χ1) is 11.6. The number of anilines is 1. The molecular weight excluding hydrogens is 302 g/mol. The minimum Gasteiger partial charge on any atom is -0.386 e. The molecule has 2 rings (SSSR count). The number of amides is 1. The number of carbonyl (C=O) groups is 2. The van der Waals surface area contributed by atoms with Crippen LogP contribution in [0.5, 0.6) is 0 Å². The van der Waals surface area contributed by atoms with Gasteiger partial charge in [-0.2, -0.15) is 5.26 Å². The maximum atomic E-state index is 12.1. The van der Waals surface area contributed by atoms with Gasteiger partial charge in [0.2, 0.25) is 0 Å². The predicted octanol–water partition coefficient (Wildman–Crippen LogP) is 3.02. The first kappa shape index (κ1) is 17.0. The Balaban J connectivity index is 1.96. The molecule has 5 heteroatoms. The highest BCUT2D eigenvalue weighted by Crippen LogP contribution is 2.11. The third-order valence-electron chi connectivity index (χ3n) is 3.31. The summed E-state index contributed by atoms with van der Waals surface area (Å²) in [5.41, 5.74) is 2.11. The average molecular weight is 319 g/mol. The lowest BCUT2D eigenvalue weighted by atomic mass is 10.1. The molecule has 2 N–H and O–H groups in total. The van der Waals surface area contributed by atoms with Crippen molar-refractivity contribution in [3.8, 4) is 6.07 Å². The standard InChI is InChI=1S/C19H17N3O2/c1-14(23)16-7-9-18(10-8-16)22-19(24)17(11-20)13-21-12-15-5-3-2-4-6-15/h2-10,13,21H,12H2,1H3,(H,22,24)/b17-13-. The van der Waals surface area contributed by atoms with Crippen molar-refractivity contribution >= 4 is 17.4 Å². The van der Waals surface area contributed by atoms with Crippen LogP contribution in [-0.4, -0.2) is 11.7 Å². The number of hydrogen-bond acceptors (Lipinski definition) is 4. The molecule has 0 aliphatic carbocycles. The normalized spacial score (nSPS) is 10.6. The topological polar surface area (TPSA) is 82.0 Å². The van der Waals surface area contributed by atoms with Crippen LogP contribution in [0.15, 0.2) is 66.4 Å². The fourth-order valence-corrected chi connectivity index (χ4v) is 2.00. The van der Waals surface area contributed by atoms with Gasteiger partial charge in [-0.3, -0.25) is 9.59 Å². The molecule has 24 heavy (non-hydrogen) atoms. The SMILES string of the molecule is CC(=O)c1ccc(NC(=O)/C(C#N)=C\NCc2ccccc2)cc1. The molecule has 0 radical (unpaired) electrons. The van der Waals surface area contributed by atoms with E-state index >= 15 is 0 Å². The number of ketones is 1. The first-order valence-corrected chi connectivity index (χ1v) is 7.40. The van der Waals surface area contributed by atoms with E-state index in [9.17, 15) is 9.59 Å². The van der Waals surface area contributed by atoms with Gasteiger partial charge in [-0.15, -0.1) is 0 Å². The van der Waals surface area contributed by atoms with Crippen molar-refractivity contribution < 1.29 is 9.59 Å². The van der Waals surface area contributed by atoms with E-state index in [1.807, 2.05) is 36.4 Å². The lowest BCUT2D eigenvalue weighted by Gasteiger charge is -2.06. The lowest BCUT2D eigenvalue weighted by Crippen LogP contribution is -2.16. The van der Waals surface area contributed by atoms with Crippen LogP contribution in [0.1, 0.15) is 22.8 Å². The molecule has 0 heterocycles. The molecule has 0 aliphatic rings. The van der Waals surface area contributed by atoms with E-state index in [0.717, 1.165) is 5.56 Å². The Morgan fingerprint density at radius 2 is 1.75 bits per heavy atom. The third-order valence-corrected chi connectivity index (χ3v) is 3.31. The fraction of sp³-hybridized carbons (Fsp3) is 0.105. The molecule has 0 saturated carbocycles. The summed E-state index contributed by atoms with van der Waals surface area (Å²) in [5, 5.41) is 14.7. The quantitative estimate of drug-likeness (QED) is 0.487. The zero-order valence-electron chi connectivity index (χ0n) is 13.2. The van der Waals surface area contributed by atoms with Crippen molar-refractivity contribution in [2.45, 2.75) is 13.5 Å². The molecule has 1 amide bonds. The molecule has 0 spiro atoms. The second-order valence-corrected chi connectivity index (χ2v) is 5.12. The van der Waals surface area contributed by atoms with E-state index in [4.69, 9.17) is 5.26 Å². The zero-order chi connectivity index (χ0) is 17.4. The van der Waals surface area contributed by atoms with E-state index in [-0.39, 0.29) is 11.4 Å². The maximum Gasteiger partial charge on any atom is 0.267 e. The summed E-state index contributed by atoms with van der Waals surface area (Å²) in [6.07, 6.45) is 1.40. The summed E-state index contributed by atoms with van der Waals surface area (Å²) < 4.78 is 0. The van der Waals surface area contributed by atoms with Crippen LogP contribution in [0.2, 0.25) is 0 Å². The summed E-state index contributed by atoms with van der Waals surface area (Å²) in [5.74, 6) is -0.552. The average Bonchev–Trinajstić information content (AvgIpc) is 2.60. The second kappa shape index (κ2) is 8.30. The van der Waals surface area contributed by atoms with Crippen LogP contribution in [-0.2, 0) is 11.3 Å². The fourth-order valence-electron chi connectivity index (χ4n) is 2.00. The Morgan fingerprint density at radius 1 is 1.08 bits per heavy atom. The van der Waals surface area contributed by atoms with Crippen LogP contribution >= 0.6 is 0 Å². The molecular formula is C19H17N3O2. The van der Waals surface area contributed by atoms with Gasteiger partial charge in [-0.05, 0) is 36.8 Å². The Labute approximate surface area is 140 Å². The number of benzene rings is 2. The Hall–Kier alpha value is -3.39. The Bertz CT molecular complexity index is 788. The second-order valence-electron chi connectivity index (χ2n) is 5.12. The summed E-state index contributed by atoms with van der Waals surface area (Å²) >= 11 is 0. The maximum absolute atomic E-state index is 12.1. The van der Waals surface area contributed by atoms with Gasteiger partial charge in [0.1, 0.15) is 11.6 Å². The van der Waals surface area contributed by atoms with Gasteiger partial charge in [0.15, 0.2) is 5.78 Å². The van der Waals surface area contributed by atoms with Crippen LogP contribution in [0.25, 0.3) is 0 Å². The van der Waals surface area contributed by atoms with Gasteiger partial charge in [0.05, 0.1) is 0 Å². The molecule has 0 atom stereocenters. The molecule has 120 valence electrons. The summed E-state index contributed by atoms with van der Waals surface area (Å²) in [6, 6.07) is 18.0. The van der Waals surface area contributed by atoms with Gasteiger partial charge in [-0.1, -0.05) is 30.3 Å². The van der Waals surface area contributed by atoms with Crippen LogP contribution in [0, 0.1) is 11.3 Å². The Morgan fingerprint density at radius 3 is 2.33 bits per heavy atom. The van der Waals surface area contributed by atoms with Gasteiger partial charge >= 0.3 is 0 Å². The van der Waals surface area contributed by atoms with E-state index in [1.54, 1.807) is 24.3 Å². The highest BCUT2D eigenvalue weighted by Gasteiger charge is 2.09. The lowest BCUT2D eigenvalue weighted by molar-refractivity contribution is -0.112. The Kier molecular flexibility index (Phi) is 5.87. The van der Waals surface area contributed by atoms with Crippen LogP contribution in [0.4, 0.5) is 5.69 Å². The smallest absolute Gasteiger partial charge is 0.267 e. The molecule has 2 aromatic carbocycles. The number of nitriles is 1. The number of rotatable bonds is 6. The summed E-state index contributed by atoms with van der Waals surface area (Å²) in [4.78, 5) is 23.3. The van der Waals surface area contributed by atoms with Crippen molar-refractivity contribution in [3.05, 3.63) is 77.5 Å². The van der Waals surface area contributed by atoms with Crippen molar-refractivity contribution in [1.82, 2.24) is 5.32 Å². The molecule has 0 aliphatic heterocycles. The first-order valence-electron chi connectivity index (χ1n) is 7.40. The van der Waals surface area contributed by atoms with Gasteiger partial charge in [0.25, 0.3) is 5.91 Å². The van der Waals surface area contributed by atoms with E-state index in [1.165, 1.54) is 13.1 Å². The van der Waals surface area contributed by atoms with E-state index in [0.29, 0.717) is 17.8 Å². The third kappa shape index (κ3) is 4.82. The minimum atomic E-state index is -0.506. The number of hydrogen-bond donors (Lipinski definition) is 2. The number of nitrogens with zero attached hydrogens (tertiary/aromatic N) is 1. The predicted molar refractivity (Wildman–Crippen MR) is 92.1 cm³/mol. The van der Waals surface area contributed by atoms with Crippen molar-refractivity contribution in [3.63, 3.8) is 0 Å². The van der Waals surface area contributed by atoms with Gasteiger partial charge < -0.3 is 10.6 Å². The number of nitrogens with one attached hydrogen (secondary N) is 2. The molecule has 5 nitrogen and oxygen atoms in total. The molecule has 0 unspecified atom stereocenters. The highest BCUT2D eigenvalue weighted by molar-refractivity contribution is 6.06. The van der Waals surface area contributed by atoms with Gasteiger partial charge in [-0.25, -0.2) is 0 Å². The summed E-state index contributed by atoms with van der Waals surface area (Å²) in [7, 11) is 0. The highest BCUT2D eigenvalue weighted by atomic mass is 16.1. The van der Waals surface area contributed by atoms with E-state index < -0.39 is 5.91 Å². The van der Waals surface area contributed by atoms with Gasteiger partial charge in [0, 0.05) is 24.0 Å². The largest absolute Gasteiger partial charge is 0.386 e. The zero-order valence-corrected chi connectivity index (χ0v) is 13.2. The molecule has 0 aromatic heterocycles. The number of carbonyl (C=O) groups excluding carboxylic acids is 2. The van der Waals surface area contributed by atoms with Crippen LogP contribution < -0.4 is 10.6 Å². The van der Waals surface area contributed by atoms with E-state index in [2.05, 4.69) is 10.6 Å². The van der Waals surface area contributed by atoms with Crippen molar-refractivity contribution in [2.24, 2.45) is 0 Å².